The van der Waals surface area contributed by atoms with E-state index in [2.05, 4.69) is 24.1 Å². The first kappa shape index (κ1) is 34.8. The molecule has 2 heterocycles. The van der Waals surface area contributed by atoms with Crippen LogP contribution in [0, 0.1) is 6.42 Å². The van der Waals surface area contributed by atoms with Crippen molar-refractivity contribution in [1.29, 1.82) is 0 Å². The zero-order valence-corrected chi connectivity index (χ0v) is 24.0. The second-order valence-electron chi connectivity index (χ2n) is 11.4. The van der Waals surface area contributed by atoms with E-state index in [-0.39, 0.29) is 6.54 Å². The largest absolute Gasteiger partial charge is 0.394 e. The molecule has 15 atom stereocenters. The van der Waals surface area contributed by atoms with Gasteiger partial charge in [0.05, 0.1) is 6.61 Å². The van der Waals surface area contributed by atoms with Gasteiger partial charge in [-0.25, -0.2) is 0 Å². The molecule has 0 bridgehead atoms. The smallest absolute Gasteiger partial charge is 0.247 e. The Morgan fingerprint density at radius 3 is 2.02 bits per heavy atom. The minimum Gasteiger partial charge on any atom is -0.394 e. The van der Waals surface area contributed by atoms with Gasteiger partial charge in [0.15, 0.2) is 37.3 Å². The third-order valence-electron chi connectivity index (χ3n) is 8.28. The molecule has 7 unspecified atom stereocenters. The minimum atomic E-state index is -1.60. The van der Waals surface area contributed by atoms with E-state index in [0.29, 0.717) is 6.61 Å². The summed E-state index contributed by atoms with van der Waals surface area (Å²) in [6.45, 7) is 2.32. The molecule has 15 nitrogen and oxygen atoms in total. The lowest BCUT2D eigenvalue weighted by atomic mass is 9.84. The molecule has 0 aromatic carbocycles. The predicted molar refractivity (Wildman–Crippen MR) is 141 cm³/mol. The van der Waals surface area contributed by atoms with E-state index in [1.807, 2.05) is 0 Å². The van der Waals surface area contributed by atoms with Gasteiger partial charge in [-0.1, -0.05) is 39.0 Å². The van der Waals surface area contributed by atoms with Crippen molar-refractivity contribution in [2.24, 2.45) is 5.73 Å². The molecule has 17 N–H and O–H groups in total. The fraction of sp³-hybridized carbons (Fsp3) is 0.962. The van der Waals surface area contributed by atoms with E-state index in [9.17, 15) is 30.6 Å². The molecule has 3 aliphatic rings. The van der Waals surface area contributed by atoms with Gasteiger partial charge in [-0.3, -0.25) is 5.73 Å². The van der Waals surface area contributed by atoms with Crippen LogP contribution < -0.4 is 22.9 Å². The number of aliphatic hydroxyl groups is 6. The second kappa shape index (κ2) is 16.4. The van der Waals surface area contributed by atoms with Gasteiger partial charge in [-0.2, -0.15) is 0 Å². The maximum absolute atomic E-state index is 11.2. The van der Waals surface area contributed by atoms with E-state index in [4.69, 9.17) is 29.4 Å². The second-order valence-corrected chi connectivity index (χ2v) is 11.4. The van der Waals surface area contributed by atoms with Crippen molar-refractivity contribution < 1.29 is 71.5 Å². The van der Waals surface area contributed by atoms with Crippen LogP contribution in [0.25, 0.3) is 0 Å². The highest BCUT2D eigenvalue weighted by Crippen LogP contribution is 2.31. The lowest BCUT2D eigenvalue weighted by Gasteiger charge is -2.44. The molecule has 0 amide bonds. The molecule has 0 aromatic heterocycles. The van der Waals surface area contributed by atoms with Crippen LogP contribution in [0.3, 0.4) is 0 Å². The Morgan fingerprint density at radius 2 is 1.37 bits per heavy atom. The summed E-state index contributed by atoms with van der Waals surface area (Å²) in [6.07, 6.45) is -6.30. The van der Waals surface area contributed by atoms with Crippen molar-refractivity contribution in [2.45, 2.75) is 137 Å². The number of hydrogen-bond acceptors (Lipinski definition) is 12. The molecular formula is C26H54N4O11+4. The van der Waals surface area contributed by atoms with Crippen LogP contribution in [-0.2, 0) is 23.7 Å². The summed E-state index contributed by atoms with van der Waals surface area (Å²) in [5.41, 5.74) is 17.9. The van der Waals surface area contributed by atoms with Crippen molar-refractivity contribution in [1.82, 2.24) is 0 Å². The van der Waals surface area contributed by atoms with Gasteiger partial charge >= 0.3 is 0 Å². The van der Waals surface area contributed by atoms with E-state index in [1.54, 1.807) is 6.42 Å². The average Bonchev–Trinajstić information content (AvgIpc) is 2.95. The first-order valence-electron chi connectivity index (χ1n) is 14.9. The van der Waals surface area contributed by atoms with Crippen LogP contribution in [0.4, 0.5) is 0 Å². The number of aliphatic hydroxyl groups excluding tert-OH is 6. The molecule has 1 aliphatic carbocycles. The molecule has 0 spiro atoms. The van der Waals surface area contributed by atoms with Gasteiger partial charge in [-0.15, -0.1) is 0 Å². The molecule has 0 aromatic rings. The van der Waals surface area contributed by atoms with Crippen molar-refractivity contribution in [3.63, 3.8) is 0 Å². The van der Waals surface area contributed by atoms with Gasteiger partial charge in [0, 0.05) is 6.61 Å². The van der Waals surface area contributed by atoms with Gasteiger partial charge in [0.1, 0.15) is 61.4 Å². The van der Waals surface area contributed by atoms with E-state index in [1.165, 1.54) is 19.3 Å². The third kappa shape index (κ3) is 8.47. The molecule has 15 heteroatoms. The summed E-state index contributed by atoms with van der Waals surface area (Å²) in [4.78, 5) is 0. The number of nitrogens with two attached hydrogens (primary N) is 1. The Hall–Kier alpha value is -0.730. The Balaban J connectivity index is 1.61. The van der Waals surface area contributed by atoms with Gasteiger partial charge in [-0.05, 0) is 6.42 Å². The van der Waals surface area contributed by atoms with Crippen molar-refractivity contribution in [3.05, 3.63) is 6.42 Å². The molecule has 3 fully saturated rings. The Morgan fingerprint density at radius 1 is 0.756 bits per heavy atom. The summed E-state index contributed by atoms with van der Waals surface area (Å²) < 4.78 is 29.3. The maximum atomic E-state index is 11.2. The molecule has 1 saturated carbocycles. The normalized spacial score (nSPS) is 45.4. The number of ether oxygens (including phenoxy) is 5. The number of unbranched alkanes of at least 4 members (excludes halogenated alkanes) is 5. The Labute approximate surface area is 241 Å². The van der Waals surface area contributed by atoms with E-state index in [0.717, 1.165) is 19.3 Å². The molecular weight excluding hydrogens is 544 g/mol. The van der Waals surface area contributed by atoms with E-state index >= 15 is 0 Å². The minimum absolute atomic E-state index is 0.105. The van der Waals surface area contributed by atoms with Crippen LogP contribution in [0.15, 0.2) is 0 Å². The van der Waals surface area contributed by atoms with E-state index < -0.39 is 98.4 Å². The Bertz CT molecular complexity index is 756. The molecule has 2 saturated heterocycles. The highest BCUT2D eigenvalue weighted by atomic mass is 16.7. The Kier molecular flexibility index (Phi) is 13.9. The molecule has 240 valence electrons. The standard InChI is InChI=1S/C26H51N4O11/c1-2-3-4-5-6-7-8-37-24-15(11-31)39-25(18(33)16(24)30)40-22-12(28)9-13(29)23(21(22)36)41-26-20(35)19(34)17(32)14(10-27)38-26/h9,12-26,31-36H,2-8,10-11,27-30H2,1H3/q+1/p+3/t12?,13?,14?,15-,16+,17-,18-,19+,20?,21-,22-,23?,24?,25?,26-/m1/s1. The summed E-state index contributed by atoms with van der Waals surface area (Å²) >= 11 is 0. The number of hydrogen-bond donors (Lipinski definition) is 10. The van der Waals surface area contributed by atoms with Crippen LogP contribution >= 0.6 is 0 Å². The first-order valence-corrected chi connectivity index (χ1v) is 14.9. The lowest BCUT2D eigenvalue weighted by Crippen LogP contribution is -2.80. The highest BCUT2D eigenvalue weighted by molar-refractivity contribution is 5.07. The van der Waals surface area contributed by atoms with Crippen molar-refractivity contribution in [2.75, 3.05) is 19.8 Å². The van der Waals surface area contributed by atoms with Gasteiger partial charge < -0.3 is 71.5 Å². The third-order valence-corrected chi connectivity index (χ3v) is 8.28. The zero-order chi connectivity index (χ0) is 30.3. The zero-order valence-electron chi connectivity index (χ0n) is 24.0. The summed E-state index contributed by atoms with van der Waals surface area (Å²) in [5.74, 6) is 0. The van der Waals surface area contributed by atoms with Crippen molar-refractivity contribution in [3.8, 4) is 0 Å². The monoisotopic (exact) mass is 598 g/mol. The molecule has 41 heavy (non-hydrogen) atoms. The predicted octanol–water partition coefficient (Wildman–Crippen LogP) is -6.24. The van der Waals surface area contributed by atoms with Crippen LogP contribution in [0.5, 0.6) is 0 Å². The highest BCUT2D eigenvalue weighted by Gasteiger charge is 2.57. The number of quaternary nitrogens is 3. The van der Waals surface area contributed by atoms with Crippen LogP contribution in [0.1, 0.15) is 45.4 Å². The summed E-state index contributed by atoms with van der Waals surface area (Å²) in [7, 11) is 0. The van der Waals surface area contributed by atoms with Crippen molar-refractivity contribution >= 4 is 0 Å². The molecule has 0 radical (unpaired) electrons. The van der Waals surface area contributed by atoms with Crippen LogP contribution in [0.2, 0.25) is 0 Å². The molecule has 2 aliphatic heterocycles. The molecule has 3 rings (SSSR count). The maximum Gasteiger partial charge on any atom is 0.247 e. The summed E-state index contributed by atoms with van der Waals surface area (Å²) in [5, 5.41) is 63.0. The van der Waals surface area contributed by atoms with Crippen LogP contribution in [-0.4, -0.2) is 142 Å². The quantitative estimate of drug-likeness (QED) is 0.0660. The van der Waals surface area contributed by atoms with Gasteiger partial charge in [0.25, 0.3) is 0 Å². The summed E-state index contributed by atoms with van der Waals surface area (Å²) in [6, 6.07) is -2.20. The average molecular weight is 599 g/mol. The first-order chi connectivity index (χ1) is 19.5. The topological polar surface area (TPSA) is 276 Å². The SMILES string of the molecule is CCCCCCCCOC1[C@@H]([NH3+])[C@@H](O)C(O[C@@H]2C(N)[CH+]C([NH3+])C(O[C@H]3OC(C[NH3+])[C@@H](O)[C@H](O)C3O)[C@@H]2O)O[C@@H]1CO. The fourth-order valence-corrected chi connectivity index (χ4v) is 5.70. The lowest BCUT2D eigenvalue weighted by molar-refractivity contribution is -0.495. The fourth-order valence-electron chi connectivity index (χ4n) is 5.70. The number of rotatable bonds is 14. The van der Waals surface area contributed by atoms with Gasteiger partial charge in [0.2, 0.25) is 6.04 Å².